The van der Waals surface area contributed by atoms with E-state index in [2.05, 4.69) is 33.1 Å². The molecule has 3 heterocycles. The summed E-state index contributed by atoms with van der Waals surface area (Å²) in [4.78, 5) is 19.9. The summed E-state index contributed by atoms with van der Waals surface area (Å²) >= 11 is 0. The summed E-state index contributed by atoms with van der Waals surface area (Å²) in [6.07, 6.45) is 3.42. The standard InChI is InChI=1S/C21H32N4O2.2ClH/c1-23-16-21(7-9-22-10-8-21)15-18(23)20(26)25-13-11-24(12-14-25)17-5-3-4-6-19(17)27-2;;/h3-6,18,22H,7-16H2,1-2H3;2*1H. The van der Waals surface area contributed by atoms with Gasteiger partial charge in [-0.25, -0.2) is 0 Å². The van der Waals surface area contributed by atoms with Crippen LogP contribution in [-0.2, 0) is 4.79 Å². The number of rotatable bonds is 3. The quantitative estimate of drug-likeness (QED) is 0.774. The molecular weight excluding hydrogens is 411 g/mol. The SMILES string of the molecule is COc1ccccc1N1CCN(C(=O)C2CC3(CCNCC3)CN2C)CC1.Cl.Cl. The van der Waals surface area contributed by atoms with Gasteiger partial charge in [-0.15, -0.1) is 24.8 Å². The minimum Gasteiger partial charge on any atom is -0.495 e. The number of halogens is 2. The van der Waals surface area contributed by atoms with Crippen LogP contribution in [0.1, 0.15) is 19.3 Å². The van der Waals surface area contributed by atoms with Crippen LogP contribution in [0.2, 0.25) is 0 Å². The Kier molecular flexibility index (Phi) is 8.47. The lowest BCUT2D eigenvalue weighted by atomic mass is 9.77. The molecule has 0 aliphatic carbocycles. The zero-order valence-corrected chi connectivity index (χ0v) is 19.1. The summed E-state index contributed by atoms with van der Waals surface area (Å²) in [7, 11) is 3.84. The number of para-hydroxylation sites is 2. The van der Waals surface area contributed by atoms with Gasteiger partial charge in [-0.1, -0.05) is 12.1 Å². The third-order valence-electron chi connectivity index (χ3n) is 6.71. The molecule has 3 saturated heterocycles. The Hall–Kier alpha value is -1.21. The topological polar surface area (TPSA) is 48.1 Å². The number of anilines is 1. The molecule has 0 aromatic heterocycles. The zero-order valence-electron chi connectivity index (χ0n) is 17.4. The van der Waals surface area contributed by atoms with Crippen LogP contribution in [-0.4, -0.2) is 81.7 Å². The van der Waals surface area contributed by atoms with Crippen molar-refractivity contribution in [3.05, 3.63) is 24.3 Å². The number of methoxy groups -OCH3 is 1. The molecule has 8 heteroatoms. The second kappa shape index (κ2) is 10.2. The van der Waals surface area contributed by atoms with E-state index in [0.717, 1.165) is 63.7 Å². The first-order valence-electron chi connectivity index (χ1n) is 10.2. The molecular formula is C21H34Cl2N4O2. The van der Waals surface area contributed by atoms with E-state index >= 15 is 0 Å². The second-order valence-electron chi connectivity index (χ2n) is 8.37. The Morgan fingerprint density at radius 2 is 1.76 bits per heavy atom. The fourth-order valence-corrected chi connectivity index (χ4v) is 5.13. The molecule has 6 nitrogen and oxygen atoms in total. The van der Waals surface area contributed by atoms with Crippen LogP contribution in [0.4, 0.5) is 5.69 Å². The molecule has 0 saturated carbocycles. The largest absolute Gasteiger partial charge is 0.495 e. The number of hydrogen-bond donors (Lipinski definition) is 1. The van der Waals surface area contributed by atoms with Crippen LogP contribution in [0.15, 0.2) is 24.3 Å². The van der Waals surface area contributed by atoms with Crippen LogP contribution in [0.5, 0.6) is 5.75 Å². The number of piperidine rings is 1. The number of nitrogens with one attached hydrogen (secondary N) is 1. The van der Waals surface area contributed by atoms with Gasteiger partial charge in [0.25, 0.3) is 0 Å². The highest BCUT2D eigenvalue weighted by molar-refractivity contribution is 5.85. The van der Waals surface area contributed by atoms with Crippen molar-refractivity contribution in [1.29, 1.82) is 0 Å². The maximum absolute atomic E-state index is 13.2. The van der Waals surface area contributed by atoms with E-state index < -0.39 is 0 Å². The van der Waals surface area contributed by atoms with Gasteiger partial charge in [0, 0.05) is 32.7 Å². The molecule has 1 atom stereocenters. The maximum Gasteiger partial charge on any atom is 0.240 e. The van der Waals surface area contributed by atoms with Gasteiger partial charge in [-0.2, -0.15) is 0 Å². The summed E-state index contributed by atoms with van der Waals surface area (Å²) in [6.45, 7) is 6.53. The Labute approximate surface area is 186 Å². The molecule has 1 aromatic rings. The smallest absolute Gasteiger partial charge is 0.240 e. The molecule has 1 aromatic carbocycles. The summed E-state index contributed by atoms with van der Waals surface area (Å²) in [5.74, 6) is 1.23. The predicted octanol–water partition coefficient (Wildman–Crippen LogP) is 2.26. The number of likely N-dealkylation sites (tertiary alicyclic amines) is 1. The number of nitrogens with zero attached hydrogens (tertiary/aromatic N) is 3. The molecule has 3 aliphatic heterocycles. The molecule has 1 N–H and O–H groups in total. The number of hydrogen-bond acceptors (Lipinski definition) is 5. The van der Waals surface area contributed by atoms with Crippen LogP contribution in [0, 0.1) is 5.41 Å². The van der Waals surface area contributed by atoms with Crippen molar-refractivity contribution < 1.29 is 9.53 Å². The van der Waals surface area contributed by atoms with Gasteiger partial charge in [-0.05, 0) is 56.9 Å². The highest BCUT2D eigenvalue weighted by atomic mass is 35.5. The van der Waals surface area contributed by atoms with Gasteiger partial charge in [0.2, 0.25) is 5.91 Å². The first-order valence-corrected chi connectivity index (χ1v) is 10.2. The Balaban J connectivity index is 0.00000150. The minimum atomic E-state index is 0. The molecule has 4 rings (SSSR count). The zero-order chi connectivity index (χ0) is 18.9. The lowest BCUT2D eigenvalue weighted by Crippen LogP contribution is -2.53. The first-order chi connectivity index (χ1) is 13.1. The van der Waals surface area contributed by atoms with E-state index in [1.54, 1.807) is 7.11 Å². The van der Waals surface area contributed by atoms with Crippen molar-refractivity contribution >= 4 is 36.4 Å². The fourth-order valence-electron chi connectivity index (χ4n) is 5.13. The number of likely N-dealkylation sites (N-methyl/N-ethyl adjacent to an activating group) is 1. The Bertz CT molecular complexity index is 676. The first kappa shape index (κ1) is 24.1. The average Bonchev–Trinajstić information content (AvgIpc) is 3.03. The van der Waals surface area contributed by atoms with Crippen LogP contribution in [0.25, 0.3) is 0 Å². The molecule has 3 aliphatic rings. The molecule has 0 bridgehead atoms. The van der Waals surface area contributed by atoms with Gasteiger partial charge in [0.1, 0.15) is 5.75 Å². The number of amides is 1. The molecule has 1 amide bonds. The van der Waals surface area contributed by atoms with Crippen molar-refractivity contribution in [1.82, 2.24) is 15.1 Å². The highest BCUT2D eigenvalue weighted by Crippen LogP contribution is 2.41. The van der Waals surface area contributed by atoms with Crippen molar-refractivity contribution in [2.45, 2.75) is 25.3 Å². The van der Waals surface area contributed by atoms with E-state index in [-0.39, 0.29) is 30.9 Å². The second-order valence-corrected chi connectivity index (χ2v) is 8.37. The van der Waals surface area contributed by atoms with Crippen LogP contribution < -0.4 is 15.0 Å². The predicted molar refractivity (Wildman–Crippen MR) is 122 cm³/mol. The van der Waals surface area contributed by atoms with Crippen molar-refractivity contribution in [2.24, 2.45) is 5.41 Å². The van der Waals surface area contributed by atoms with Crippen molar-refractivity contribution in [2.75, 3.05) is 64.9 Å². The third kappa shape index (κ3) is 4.93. The summed E-state index contributed by atoms with van der Waals surface area (Å²) in [6, 6.07) is 8.19. The van der Waals surface area contributed by atoms with Gasteiger partial charge in [-0.3, -0.25) is 9.69 Å². The van der Waals surface area contributed by atoms with E-state index in [1.165, 1.54) is 12.8 Å². The maximum atomic E-state index is 13.2. The summed E-state index contributed by atoms with van der Waals surface area (Å²) < 4.78 is 5.50. The van der Waals surface area contributed by atoms with Crippen molar-refractivity contribution in [3.63, 3.8) is 0 Å². The third-order valence-corrected chi connectivity index (χ3v) is 6.71. The Morgan fingerprint density at radius 1 is 1.10 bits per heavy atom. The van der Waals surface area contributed by atoms with Gasteiger partial charge < -0.3 is 19.9 Å². The van der Waals surface area contributed by atoms with Gasteiger partial charge in [0.15, 0.2) is 0 Å². The molecule has 29 heavy (non-hydrogen) atoms. The lowest BCUT2D eigenvalue weighted by Gasteiger charge is -2.38. The fraction of sp³-hybridized carbons (Fsp3) is 0.667. The van der Waals surface area contributed by atoms with Crippen LogP contribution in [0.3, 0.4) is 0 Å². The van der Waals surface area contributed by atoms with Gasteiger partial charge >= 0.3 is 0 Å². The molecule has 164 valence electrons. The molecule has 1 spiro atoms. The monoisotopic (exact) mass is 444 g/mol. The average molecular weight is 445 g/mol. The number of carbonyl (C=O) groups is 1. The highest BCUT2D eigenvalue weighted by Gasteiger charge is 2.46. The summed E-state index contributed by atoms with van der Waals surface area (Å²) in [5, 5.41) is 3.46. The number of benzene rings is 1. The number of ether oxygens (including phenoxy) is 1. The molecule has 3 fully saturated rings. The van der Waals surface area contributed by atoms with Gasteiger partial charge in [0.05, 0.1) is 18.8 Å². The normalized spacial score (nSPS) is 24.0. The summed E-state index contributed by atoms with van der Waals surface area (Å²) in [5.41, 5.74) is 1.47. The minimum absolute atomic E-state index is 0. The van der Waals surface area contributed by atoms with Crippen LogP contribution >= 0.6 is 24.8 Å². The lowest BCUT2D eigenvalue weighted by molar-refractivity contribution is -0.135. The molecule has 1 unspecified atom stereocenters. The van der Waals surface area contributed by atoms with E-state index in [1.807, 2.05) is 18.2 Å². The number of carbonyl (C=O) groups excluding carboxylic acids is 1. The van der Waals surface area contributed by atoms with E-state index in [9.17, 15) is 4.79 Å². The molecule has 0 radical (unpaired) electrons. The number of piperazine rings is 1. The van der Waals surface area contributed by atoms with Crippen molar-refractivity contribution in [3.8, 4) is 5.75 Å². The Morgan fingerprint density at radius 3 is 2.41 bits per heavy atom. The van der Waals surface area contributed by atoms with E-state index in [4.69, 9.17) is 4.74 Å². The van der Waals surface area contributed by atoms with E-state index in [0.29, 0.717) is 11.3 Å².